The maximum absolute atomic E-state index is 11.0. The number of nitrogens with one attached hydrogen (secondary N) is 2. The van der Waals surface area contributed by atoms with Crippen LogP contribution in [0.1, 0.15) is 13.8 Å². The zero-order valence-corrected chi connectivity index (χ0v) is 8.63. The molecule has 0 rings (SSSR count). The summed E-state index contributed by atoms with van der Waals surface area (Å²) in [5.74, 6) is 0.517. The van der Waals surface area contributed by atoms with Crippen molar-refractivity contribution in [2.24, 2.45) is 5.92 Å². The lowest BCUT2D eigenvalue weighted by atomic mass is 10.2. The maximum atomic E-state index is 11.0. The van der Waals surface area contributed by atoms with Gasteiger partial charge in [-0.15, -0.1) is 0 Å². The normalized spacial score (nSPS) is 9.85. The molecule has 0 saturated heterocycles. The van der Waals surface area contributed by atoms with Gasteiger partial charge < -0.3 is 10.3 Å². The first-order valence-electron chi connectivity index (χ1n) is 4.43. The van der Waals surface area contributed by atoms with Crippen LogP contribution in [0.2, 0.25) is 0 Å². The summed E-state index contributed by atoms with van der Waals surface area (Å²) in [5.41, 5.74) is 3.09. The highest BCUT2D eigenvalue weighted by Crippen LogP contribution is 1.89. The molecule has 1 amide bonds. The van der Waals surface area contributed by atoms with E-state index in [9.17, 15) is 4.79 Å². The smallest absolute Gasteiger partial charge is 0.240 e. The lowest BCUT2D eigenvalue weighted by Crippen LogP contribution is -2.42. The minimum Gasteiger partial charge on any atom is -0.358 e. The van der Waals surface area contributed by atoms with Crippen LogP contribution < -0.4 is 10.7 Å². The highest BCUT2D eigenvalue weighted by Gasteiger charge is 2.04. The molecule has 0 unspecified atom stereocenters. The van der Waals surface area contributed by atoms with Crippen molar-refractivity contribution in [3.63, 3.8) is 0 Å². The standard InChI is InChI=1S/C9H19N3O/c1-5-12(7-9(13)10-4)11-6-8(2)3/h5,8,11H,1,6-7H2,2-4H3,(H,10,13). The number of carbonyl (C=O) groups is 1. The molecule has 0 aliphatic heterocycles. The Kier molecular flexibility index (Phi) is 5.97. The Morgan fingerprint density at radius 1 is 1.62 bits per heavy atom. The summed E-state index contributed by atoms with van der Waals surface area (Å²) in [5, 5.41) is 4.23. The summed E-state index contributed by atoms with van der Waals surface area (Å²) in [6.07, 6.45) is 1.61. The summed E-state index contributed by atoms with van der Waals surface area (Å²) in [6.45, 7) is 8.96. The molecule has 0 aliphatic rings. The lowest BCUT2D eigenvalue weighted by molar-refractivity contribution is -0.121. The molecule has 0 fully saturated rings. The summed E-state index contributed by atoms with van der Waals surface area (Å²) in [6, 6.07) is 0. The largest absolute Gasteiger partial charge is 0.358 e. The minimum atomic E-state index is -0.0313. The number of likely N-dealkylation sites (N-methyl/N-ethyl adjacent to an activating group) is 1. The second-order valence-corrected chi connectivity index (χ2v) is 3.24. The van der Waals surface area contributed by atoms with E-state index in [1.165, 1.54) is 0 Å². The molecule has 0 bridgehead atoms. The third kappa shape index (κ3) is 6.16. The Balaban J connectivity index is 3.76. The van der Waals surface area contributed by atoms with Crippen molar-refractivity contribution in [1.29, 1.82) is 0 Å². The van der Waals surface area contributed by atoms with Crippen molar-refractivity contribution in [1.82, 2.24) is 15.8 Å². The number of hydrazine groups is 1. The van der Waals surface area contributed by atoms with Gasteiger partial charge in [-0.2, -0.15) is 0 Å². The van der Waals surface area contributed by atoms with Crippen molar-refractivity contribution < 1.29 is 4.79 Å². The van der Waals surface area contributed by atoms with E-state index < -0.39 is 0 Å². The van der Waals surface area contributed by atoms with Crippen LogP contribution in [0.5, 0.6) is 0 Å². The SMILES string of the molecule is C=CN(CC(=O)NC)NCC(C)C. The van der Waals surface area contributed by atoms with Gasteiger partial charge in [0.1, 0.15) is 6.54 Å². The quantitative estimate of drug-likeness (QED) is 0.586. The molecule has 13 heavy (non-hydrogen) atoms. The summed E-state index contributed by atoms with van der Waals surface area (Å²) < 4.78 is 0. The number of hydrogen-bond acceptors (Lipinski definition) is 3. The van der Waals surface area contributed by atoms with Crippen LogP contribution in [0.4, 0.5) is 0 Å². The molecule has 4 heteroatoms. The average Bonchev–Trinajstić information content (AvgIpc) is 2.11. The van der Waals surface area contributed by atoms with E-state index in [1.807, 2.05) is 0 Å². The minimum absolute atomic E-state index is 0.0313. The summed E-state index contributed by atoms with van der Waals surface area (Å²) >= 11 is 0. The average molecular weight is 185 g/mol. The molecule has 0 aromatic carbocycles. The molecule has 76 valence electrons. The van der Waals surface area contributed by atoms with Crippen LogP contribution in [0.3, 0.4) is 0 Å². The van der Waals surface area contributed by atoms with E-state index in [1.54, 1.807) is 18.3 Å². The van der Waals surface area contributed by atoms with E-state index >= 15 is 0 Å². The fourth-order valence-corrected chi connectivity index (χ4v) is 0.719. The molecule has 0 aromatic heterocycles. The molecule has 0 saturated carbocycles. The molecule has 4 nitrogen and oxygen atoms in total. The Morgan fingerprint density at radius 3 is 2.62 bits per heavy atom. The van der Waals surface area contributed by atoms with E-state index in [0.29, 0.717) is 12.5 Å². The van der Waals surface area contributed by atoms with Gasteiger partial charge >= 0.3 is 0 Å². The summed E-state index contributed by atoms with van der Waals surface area (Å²) in [7, 11) is 1.62. The van der Waals surface area contributed by atoms with Crippen molar-refractivity contribution in [3.8, 4) is 0 Å². The van der Waals surface area contributed by atoms with Gasteiger partial charge in [-0.25, -0.2) is 5.43 Å². The Morgan fingerprint density at radius 2 is 2.23 bits per heavy atom. The van der Waals surface area contributed by atoms with Crippen LogP contribution in [0.25, 0.3) is 0 Å². The second kappa shape index (κ2) is 6.48. The Bertz CT molecular complexity index is 168. The third-order valence-electron chi connectivity index (χ3n) is 1.52. The van der Waals surface area contributed by atoms with E-state index in [-0.39, 0.29) is 5.91 Å². The Hall–Kier alpha value is -1.03. The van der Waals surface area contributed by atoms with Gasteiger partial charge in [0.15, 0.2) is 0 Å². The van der Waals surface area contributed by atoms with E-state index in [2.05, 4.69) is 31.2 Å². The molecule has 0 radical (unpaired) electrons. The van der Waals surface area contributed by atoms with Crippen LogP contribution in [-0.4, -0.2) is 31.1 Å². The van der Waals surface area contributed by atoms with Crippen LogP contribution in [0, 0.1) is 5.92 Å². The molecule has 2 N–H and O–H groups in total. The monoisotopic (exact) mass is 185 g/mol. The number of carbonyl (C=O) groups excluding carboxylic acids is 1. The predicted octanol–water partition coefficient (Wildman–Crippen LogP) is 0.338. The molecule has 0 heterocycles. The first-order chi connectivity index (χ1) is 6.10. The highest BCUT2D eigenvalue weighted by molar-refractivity contribution is 5.77. The van der Waals surface area contributed by atoms with Crippen molar-refractivity contribution in [3.05, 3.63) is 12.8 Å². The topological polar surface area (TPSA) is 44.4 Å². The number of hydrogen-bond donors (Lipinski definition) is 2. The molecule has 0 aliphatic carbocycles. The lowest BCUT2D eigenvalue weighted by Gasteiger charge is -2.21. The molecule has 0 atom stereocenters. The van der Waals surface area contributed by atoms with E-state index in [4.69, 9.17) is 0 Å². The first-order valence-corrected chi connectivity index (χ1v) is 4.43. The molecule has 0 spiro atoms. The van der Waals surface area contributed by atoms with Gasteiger partial charge in [-0.1, -0.05) is 20.4 Å². The molecular formula is C9H19N3O. The van der Waals surface area contributed by atoms with Crippen molar-refractivity contribution >= 4 is 5.91 Å². The zero-order valence-electron chi connectivity index (χ0n) is 8.63. The predicted molar refractivity (Wildman–Crippen MR) is 53.8 cm³/mol. The van der Waals surface area contributed by atoms with Crippen LogP contribution in [-0.2, 0) is 4.79 Å². The summed E-state index contributed by atoms with van der Waals surface area (Å²) in [4.78, 5) is 11.0. The van der Waals surface area contributed by atoms with Gasteiger partial charge in [-0.3, -0.25) is 4.79 Å². The number of nitrogens with zero attached hydrogens (tertiary/aromatic N) is 1. The zero-order chi connectivity index (χ0) is 10.3. The van der Waals surface area contributed by atoms with Gasteiger partial charge in [0.25, 0.3) is 0 Å². The maximum Gasteiger partial charge on any atom is 0.240 e. The first kappa shape index (κ1) is 12.0. The van der Waals surface area contributed by atoms with Gasteiger partial charge in [0.05, 0.1) is 0 Å². The fraction of sp³-hybridized carbons (Fsp3) is 0.667. The van der Waals surface area contributed by atoms with Crippen LogP contribution >= 0.6 is 0 Å². The second-order valence-electron chi connectivity index (χ2n) is 3.24. The molecule has 0 aromatic rings. The van der Waals surface area contributed by atoms with Gasteiger partial charge in [0.2, 0.25) is 5.91 Å². The van der Waals surface area contributed by atoms with Gasteiger partial charge in [0, 0.05) is 19.8 Å². The van der Waals surface area contributed by atoms with Crippen molar-refractivity contribution in [2.45, 2.75) is 13.8 Å². The number of rotatable bonds is 6. The number of amides is 1. The van der Waals surface area contributed by atoms with Crippen LogP contribution in [0.15, 0.2) is 12.8 Å². The highest BCUT2D eigenvalue weighted by atomic mass is 16.2. The van der Waals surface area contributed by atoms with E-state index in [0.717, 1.165) is 6.54 Å². The molecular weight excluding hydrogens is 166 g/mol. The Labute approximate surface area is 80.0 Å². The third-order valence-corrected chi connectivity index (χ3v) is 1.52. The van der Waals surface area contributed by atoms with Crippen molar-refractivity contribution in [2.75, 3.05) is 20.1 Å². The fourth-order valence-electron chi connectivity index (χ4n) is 0.719. The van der Waals surface area contributed by atoms with Gasteiger partial charge in [-0.05, 0) is 5.92 Å².